The molecule has 100 valence electrons. The predicted molar refractivity (Wildman–Crippen MR) is 76.8 cm³/mol. The van der Waals surface area contributed by atoms with Crippen molar-refractivity contribution in [2.75, 3.05) is 6.54 Å². The van der Waals surface area contributed by atoms with Crippen LogP contribution in [0.15, 0.2) is 22.7 Å². The molecule has 1 atom stereocenters. The SMILES string of the molecule is Cc1cc(OC(C)C(=O)NCC(C)C)ccc1Br. The van der Waals surface area contributed by atoms with Crippen LogP contribution in [0.25, 0.3) is 0 Å². The average Bonchev–Trinajstić information content (AvgIpc) is 2.30. The first-order chi connectivity index (χ1) is 8.40. The first kappa shape index (κ1) is 15.0. The van der Waals surface area contributed by atoms with Gasteiger partial charge in [0.05, 0.1) is 0 Å². The van der Waals surface area contributed by atoms with Crippen molar-refractivity contribution in [3.63, 3.8) is 0 Å². The van der Waals surface area contributed by atoms with Crippen LogP contribution in [0.4, 0.5) is 0 Å². The molecule has 1 amide bonds. The van der Waals surface area contributed by atoms with Crippen molar-refractivity contribution >= 4 is 21.8 Å². The van der Waals surface area contributed by atoms with Gasteiger partial charge in [-0.1, -0.05) is 29.8 Å². The molecule has 0 aliphatic heterocycles. The minimum absolute atomic E-state index is 0.0794. The second-order valence-electron chi connectivity index (χ2n) is 4.81. The fraction of sp³-hybridized carbons (Fsp3) is 0.500. The number of hydrogen-bond donors (Lipinski definition) is 1. The van der Waals surface area contributed by atoms with Crippen LogP contribution in [-0.4, -0.2) is 18.6 Å². The van der Waals surface area contributed by atoms with E-state index in [4.69, 9.17) is 4.74 Å². The molecule has 0 aliphatic carbocycles. The third-order valence-electron chi connectivity index (χ3n) is 2.50. The van der Waals surface area contributed by atoms with E-state index >= 15 is 0 Å². The van der Waals surface area contributed by atoms with Gasteiger partial charge in [-0.05, 0) is 43.5 Å². The lowest BCUT2D eigenvalue weighted by Crippen LogP contribution is -2.38. The summed E-state index contributed by atoms with van der Waals surface area (Å²) in [6.45, 7) is 8.53. The van der Waals surface area contributed by atoms with E-state index in [2.05, 4.69) is 35.1 Å². The fourth-order valence-electron chi connectivity index (χ4n) is 1.40. The van der Waals surface area contributed by atoms with Crippen molar-refractivity contribution in [3.05, 3.63) is 28.2 Å². The molecule has 0 saturated heterocycles. The van der Waals surface area contributed by atoms with Gasteiger partial charge in [-0.25, -0.2) is 0 Å². The van der Waals surface area contributed by atoms with Gasteiger partial charge in [0.1, 0.15) is 5.75 Å². The van der Waals surface area contributed by atoms with Gasteiger partial charge in [-0.15, -0.1) is 0 Å². The van der Waals surface area contributed by atoms with E-state index in [-0.39, 0.29) is 5.91 Å². The maximum Gasteiger partial charge on any atom is 0.260 e. The Morgan fingerprint density at radius 1 is 1.39 bits per heavy atom. The number of rotatable bonds is 5. The lowest BCUT2D eigenvalue weighted by Gasteiger charge is -2.16. The molecule has 0 radical (unpaired) electrons. The third kappa shape index (κ3) is 4.69. The Labute approximate surface area is 117 Å². The summed E-state index contributed by atoms with van der Waals surface area (Å²) in [5.74, 6) is 1.07. The van der Waals surface area contributed by atoms with Crippen LogP contribution in [-0.2, 0) is 4.79 Å². The quantitative estimate of drug-likeness (QED) is 0.905. The highest BCUT2D eigenvalue weighted by Gasteiger charge is 2.14. The van der Waals surface area contributed by atoms with Gasteiger partial charge in [0, 0.05) is 11.0 Å². The Bertz CT molecular complexity index is 418. The molecule has 0 aromatic heterocycles. The zero-order chi connectivity index (χ0) is 13.7. The van der Waals surface area contributed by atoms with Gasteiger partial charge < -0.3 is 10.1 Å². The Hall–Kier alpha value is -1.03. The van der Waals surface area contributed by atoms with Crippen LogP contribution < -0.4 is 10.1 Å². The molecule has 1 N–H and O–H groups in total. The zero-order valence-corrected chi connectivity index (χ0v) is 12.9. The van der Waals surface area contributed by atoms with Crippen LogP contribution in [0, 0.1) is 12.8 Å². The molecule has 3 nitrogen and oxygen atoms in total. The fourth-order valence-corrected chi connectivity index (χ4v) is 1.64. The molecule has 0 spiro atoms. The topological polar surface area (TPSA) is 38.3 Å². The van der Waals surface area contributed by atoms with E-state index in [1.54, 1.807) is 6.92 Å². The van der Waals surface area contributed by atoms with E-state index in [1.165, 1.54) is 0 Å². The Kier molecular flexibility index (Phi) is 5.66. The van der Waals surface area contributed by atoms with Crippen LogP contribution in [0.5, 0.6) is 5.75 Å². The first-order valence-electron chi connectivity index (χ1n) is 6.10. The Morgan fingerprint density at radius 2 is 2.06 bits per heavy atom. The van der Waals surface area contributed by atoms with Crippen LogP contribution in [0.2, 0.25) is 0 Å². The Balaban J connectivity index is 2.55. The molecule has 1 aromatic carbocycles. The summed E-state index contributed by atoms with van der Waals surface area (Å²) in [6, 6.07) is 5.68. The van der Waals surface area contributed by atoms with E-state index < -0.39 is 6.10 Å². The monoisotopic (exact) mass is 313 g/mol. The summed E-state index contributed by atoms with van der Waals surface area (Å²) in [5, 5.41) is 2.85. The number of hydrogen-bond acceptors (Lipinski definition) is 2. The molecule has 18 heavy (non-hydrogen) atoms. The molecular formula is C14H20BrNO2. The third-order valence-corrected chi connectivity index (χ3v) is 3.39. The number of nitrogens with one attached hydrogen (secondary N) is 1. The summed E-state index contributed by atoms with van der Waals surface area (Å²) >= 11 is 3.43. The minimum Gasteiger partial charge on any atom is -0.481 e. The molecule has 0 bridgehead atoms. The number of carbonyl (C=O) groups is 1. The predicted octanol–water partition coefficient (Wildman–Crippen LogP) is 3.30. The highest BCUT2D eigenvalue weighted by Crippen LogP contribution is 2.22. The van der Waals surface area contributed by atoms with Crippen molar-refractivity contribution in [2.45, 2.75) is 33.8 Å². The molecule has 0 heterocycles. The summed E-state index contributed by atoms with van der Waals surface area (Å²) in [5.41, 5.74) is 1.09. The van der Waals surface area contributed by atoms with Crippen LogP contribution in [0.3, 0.4) is 0 Å². The van der Waals surface area contributed by atoms with E-state index in [9.17, 15) is 4.79 Å². The number of carbonyl (C=O) groups excluding carboxylic acids is 1. The van der Waals surface area contributed by atoms with Gasteiger partial charge in [-0.3, -0.25) is 4.79 Å². The molecule has 4 heteroatoms. The smallest absolute Gasteiger partial charge is 0.260 e. The van der Waals surface area contributed by atoms with Gasteiger partial charge in [0.15, 0.2) is 6.10 Å². The van der Waals surface area contributed by atoms with Crippen molar-refractivity contribution in [1.29, 1.82) is 0 Å². The minimum atomic E-state index is -0.482. The molecule has 1 aromatic rings. The average molecular weight is 314 g/mol. The molecular weight excluding hydrogens is 294 g/mol. The highest BCUT2D eigenvalue weighted by molar-refractivity contribution is 9.10. The van der Waals surface area contributed by atoms with Gasteiger partial charge in [-0.2, -0.15) is 0 Å². The molecule has 1 unspecified atom stereocenters. The van der Waals surface area contributed by atoms with Crippen molar-refractivity contribution in [3.8, 4) is 5.75 Å². The largest absolute Gasteiger partial charge is 0.481 e. The lowest BCUT2D eigenvalue weighted by molar-refractivity contribution is -0.127. The maximum atomic E-state index is 11.8. The highest BCUT2D eigenvalue weighted by atomic mass is 79.9. The number of ether oxygens (including phenoxy) is 1. The molecule has 0 saturated carbocycles. The summed E-state index contributed by atoms with van der Waals surface area (Å²) < 4.78 is 6.65. The second kappa shape index (κ2) is 6.78. The normalized spacial score (nSPS) is 12.3. The maximum absolute atomic E-state index is 11.8. The lowest BCUT2D eigenvalue weighted by atomic mass is 10.2. The summed E-state index contributed by atoms with van der Waals surface area (Å²) in [7, 11) is 0. The van der Waals surface area contributed by atoms with Crippen LogP contribution >= 0.6 is 15.9 Å². The van der Waals surface area contributed by atoms with Crippen LogP contribution in [0.1, 0.15) is 26.3 Å². The standard InChI is InChI=1S/C14H20BrNO2/c1-9(2)8-16-14(17)11(4)18-12-5-6-13(15)10(3)7-12/h5-7,9,11H,8H2,1-4H3,(H,16,17). The molecule has 0 fully saturated rings. The molecule has 0 aliphatic rings. The van der Waals surface area contributed by atoms with Crippen molar-refractivity contribution in [2.24, 2.45) is 5.92 Å². The van der Waals surface area contributed by atoms with Gasteiger partial charge in [0.25, 0.3) is 5.91 Å². The van der Waals surface area contributed by atoms with Crippen molar-refractivity contribution < 1.29 is 9.53 Å². The van der Waals surface area contributed by atoms with Crippen molar-refractivity contribution in [1.82, 2.24) is 5.32 Å². The van der Waals surface area contributed by atoms with Gasteiger partial charge >= 0.3 is 0 Å². The summed E-state index contributed by atoms with van der Waals surface area (Å²) in [6.07, 6.45) is -0.482. The first-order valence-corrected chi connectivity index (χ1v) is 6.90. The molecule has 1 rings (SSSR count). The summed E-state index contributed by atoms with van der Waals surface area (Å²) in [4.78, 5) is 11.8. The Morgan fingerprint density at radius 3 is 2.61 bits per heavy atom. The number of aryl methyl sites for hydroxylation is 1. The number of benzene rings is 1. The van der Waals surface area contributed by atoms with Gasteiger partial charge in [0.2, 0.25) is 0 Å². The number of halogens is 1. The second-order valence-corrected chi connectivity index (χ2v) is 5.66. The van der Waals surface area contributed by atoms with E-state index in [0.29, 0.717) is 18.2 Å². The number of amides is 1. The van der Waals surface area contributed by atoms with E-state index in [0.717, 1.165) is 10.0 Å². The zero-order valence-electron chi connectivity index (χ0n) is 11.3. The van der Waals surface area contributed by atoms with E-state index in [1.807, 2.05) is 25.1 Å².